The highest BCUT2D eigenvalue weighted by Gasteiger charge is 2.24. The summed E-state index contributed by atoms with van der Waals surface area (Å²) >= 11 is 1.70. The zero-order chi connectivity index (χ0) is 10.7. The van der Waals surface area contributed by atoms with Crippen molar-refractivity contribution in [3.63, 3.8) is 0 Å². The lowest BCUT2D eigenvalue weighted by molar-refractivity contribution is 0.445. The molecule has 5 heteroatoms. The predicted molar refractivity (Wildman–Crippen MR) is 63.6 cm³/mol. The Morgan fingerprint density at radius 3 is 3.00 bits per heavy atom. The SMILES string of the molecule is CNCC1CCCCN1c1nnc(C)s1. The number of nitrogens with one attached hydrogen (secondary N) is 1. The van der Waals surface area contributed by atoms with Crippen LogP contribution in [0.15, 0.2) is 0 Å². The molecule has 2 rings (SSSR count). The maximum Gasteiger partial charge on any atom is 0.208 e. The minimum atomic E-state index is 0.594. The van der Waals surface area contributed by atoms with E-state index in [0.717, 1.165) is 23.2 Å². The Bertz CT molecular complexity index is 310. The second-order valence-corrected chi connectivity index (χ2v) is 5.16. The van der Waals surface area contributed by atoms with Gasteiger partial charge in [0.05, 0.1) is 0 Å². The van der Waals surface area contributed by atoms with E-state index in [1.54, 1.807) is 11.3 Å². The molecule has 0 amide bonds. The first-order valence-electron chi connectivity index (χ1n) is 5.52. The summed E-state index contributed by atoms with van der Waals surface area (Å²) in [6, 6.07) is 0.594. The van der Waals surface area contributed by atoms with Gasteiger partial charge in [-0.05, 0) is 33.2 Å². The van der Waals surface area contributed by atoms with Crippen molar-refractivity contribution in [1.29, 1.82) is 0 Å². The zero-order valence-corrected chi connectivity index (χ0v) is 10.2. The molecule has 0 bridgehead atoms. The Labute approximate surface area is 94.7 Å². The van der Waals surface area contributed by atoms with Crippen LogP contribution >= 0.6 is 11.3 Å². The molecule has 1 unspecified atom stereocenters. The predicted octanol–water partition coefficient (Wildman–Crippen LogP) is 1.42. The van der Waals surface area contributed by atoms with E-state index in [9.17, 15) is 0 Å². The fraction of sp³-hybridized carbons (Fsp3) is 0.800. The highest BCUT2D eigenvalue weighted by Crippen LogP contribution is 2.26. The van der Waals surface area contributed by atoms with E-state index in [-0.39, 0.29) is 0 Å². The third-order valence-corrected chi connectivity index (χ3v) is 3.70. The summed E-state index contributed by atoms with van der Waals surface area (Å²) in [6.45, 7) is 4.18. The molecule has 4 nitrogen and oxygen atoms in total. The van der Waals surface area contributed by atoms with Crippen molar-refractivity contribution in [2.24, 2.45) is 0 Å². The molecular weight excluding hydrogens is 208 g/mol. The number of nitrogens with zero attached hydrogens (tertiary/aromatic N) is 3. The van der Waals surface area contributed by atoms with E-state index in [2.05, 4.69) is 20.4 Å². The molecule has 1 saturated heterocycles. The number of rotatable bonds is 3. The number of aromatic nitrogens is 2. The van der Waals surface area contributed by atoms with Crippen LogP contribution in [0.4, 0.5) is 5.13 Å². The molecule has 2 heterocycles. The quantitative estimate of drug-likeness (QED) is 0.846. The van der Waals surface area contributed by atoms with Crippen molar-refractivity contribution in [2.45, 2.75) is 32.2 Å². The van der Waals surface area contributed by atoms with Gasteiger partial charge in [0.25, 0.3) is 0 Å². The van der Waals surface area contributed by atoms with E-state index in [0.29, 0.717) is 6.04 Å². The maximum absolute atomic E-state index is 4.24. The summed E-state index contributed by atoms with van der Waals surface area (Å²) in [4.78, 5) is 2.41. The Kier molecular flexibility index (Phi) is 3.53. The van der Waals surface area contributed by atoms with Crippen molar-refractivity contribution in [3.8, 4) is 0 Å². The molecule has 1 aliphatic rings. The fourth-order valence-electron chi connectivity index (χ4n) is 2.10. The second-order valence-electron chi connectivity index (χ2n) is 4.00. The number of aryl methyl sites for hydroxylation is 1. The van der Waals surface area contributed by atoms with Crippen LogP contribution in [0, 0.1) is 6.92 Å². The maximum atomic E-state index is 4.24. The first-order chi connectivity index (χ1) is 7.31. The van der Waals surface area contributed by atoms with Gasteiger partial charge in [-0.25, -0.2) is 0 Å². The summed E-state index contributed by atoms with van der Waals surface area (Å²) in [5, 5.41) is 13.7. The molecule has 0 aromatic carbocycles. The largest absolute Gasteiger partial charge is 0.342 e. The van der Waals surface area contributed by atoms with Crippen molar-refractivity contribution >= 4 is 16.5 Å². The third-order valence-electron chi connectivity index (χ3n) is 2.83. The van der Waals surface area contributed by atoms with Crippen LogP contribution in [0.2, 0.25) is 0 Å². The van der Waals surface area contributed by atoms with Crippen LogP contribution < -0.4 is 10.2 Å². The van der Waals surface area contributed by atoms with Gasteiger partial charge in [-0.1, -0.05) is 11.3 Å². The van der Waals surface area contributed by atoms with E-state index < -0.39 is 0 Å². The van der Waals surface area contributed by atoms with Crippen LogP contribution in [-0.4, -0.2) is 36.4 Å². The molecular formula is C10H18N4S. The molecule has 1 aliphatic heterocycles. The van der Waals surface area contributed by atoms with Gasteiger partial charge in [0.1, 0.15) is 5.01 Å². The van der Waals surface area contributed by atoms with Gasteiger partial charge < -0.3 is 10.2 Å². The number of likely N-dealkylation sites (N-methyl/N-ethyl adjacent to an activating group) is 1. The van der Waals surface area contributed by atoms with Crippen LogP contribution in [-0.2, 0) is 0 Å². The zero-order valence-electron chi connectivity index (χ0n) is 9.36. The molecule has 1 N–H and O–H groups in total. The Morgan fingerprint density at radius 1 is 1.47 bits per heavy atom. The number of anilines is 1. The van der Waals surface area contributed by atoms with Gasteiger partial charge in [0, 0.05) is 19.1 Å². The lowest BCUT2D eigenvalue weighted by atomic mass is 10.0. The van der Waals surface area contributed by atoms with Crippen LogP contribution in [0.3, 0.4) is 0 Å². The third kappa shape index (κ3) is 2.46. The van der Waals surface area contributed by atoms with Crippen molar-refractivity contribution < 1.29 is 0 Å². The summed E-state index contributed by atoms with van der Waals surface area (Å²) in [7, 11) is 2.01. The molecule has 1 aromatic heterocycles. The highest BCUT2D eigenvalue weighted by atomic mass is 32.1. The number of hydrogen-bond donors (Lipinski definition) is 1. The van der Waals surface area contributed by atoms with Crippen molar-refractivity contribution in [2.75, 3.05) is 25.0 Å². The van der Waals surface area contributed by atoms with Gasteiger partial charge >= 0.3 is 0 Å². The smallest absolute Gasteiger partial charge is 0.208 e. The lowest BCUT2D eigenvalue weighted by Crippen LogP contribution is -2.45. The lowest BCUT2D eigenvalue weighted by Gasteiger charge is -2.35. The number of hydrogen-bond acceptors (Lipinski definition) is 5. The van der Waals surface area contributed by atoms with Gasteiger partial charge in [0.2, 0.25) is 5.13 Å². The molecule has 0 spiro atoms. The first kappa shape index (κ1) is 10.8. The summed E-state index contributed by atoms with van der Waals surface area (Å²) < 4.78 is 0. The van der Waals surface area contributed by atoms with Crippen molar-refractivity contribution in [1.82, 2.24) is 15.5 Å². The van der Waals surface area contributed by atoms with Crippen LogP contribution in [0.25, 0.3) is 0 Å². The monoisotopic (exact) mass is 226 g/mol. The number of piperidine rings is 1. The normalized spacial score (nSPS) is 22.0. The highest BCUT2D eigenvalue weighted by molar-refractivity contribution is 7.15. The van der Waals surface area contributed by atoms with Crippen molar-refractivity contribution in [3.05, 3.63) is 5.01 Å². The summed E-state index contributed by atoms with van der Waals surface area (Å²) in [5.41, 5.74) is 0. The molecule has 1 atom stereocenters. The average molecular weight is 226 g/mol. The van der Waals surface area contributed by atoms with Crippen LogP contribution in [0.1, 0.15) is 24.3 Å². The Morgan fingerprint density at radius 2 is 2.33 bits per heavy atom. The molecule has 0 saturated carbocycles. The summed E-state index contributed by atoms with van der Waals surface area (Å²) in [5.74, 6) is 0. The van der Waals surface area contributed by atoms with E-state index in [4.69, 9.17) is 0 Å². The molecule has 1 aromatic rings. The van der Waals surface area contributed by atoms with Crippen LogP contribution in [0.5, 0.6) is 0 Å². The van der Waals surface area contributed by atoms with Gasteiger partial charge in [-0.15, -0.1) is 10.2 Å². The Hall–Kier alpha value is -0.680. The van der Waals surface area contributed by atoms with E-state index >= 15 is 0 Å². The van der Waals surface area contributed by atoms with Gasteiger partial charge in [0.15, 0.2) is 0 Å². The standard InChI is InChI=1S/C10H18N4S/c1-8-12-13-10(15-8)14-6-4-3-5-9(14)7-11-2/h9,11H,3-7H2,1-2H3. The molecule has 0 aliphatic carbocycles. The first-order valence-corrected chi connectivity index (χ1v) is 6.34. The molecule has 0 radical (unpaired) electrons. The molecule has 15 heavy (non-hydrogen) atoms. The molecule has 84 valence electrons. The second kappa shape index (κ2) is 4.90. The fourth-order valence-corrected chi connectivity index (χ4v) is 2.89. The van der Waals surface area contributed by atoms with Gasteiger partial charge in [-0.2, -0.15) is 0 Å². The summed E-state index contributed by atoms with van der Waals surface area (Å²) in [6.07, 6.45) is 3.87. The Balaban J connectivity index is 2.10. The van der Waals surface area contributed by atoms with E-state index in [1.807, 2.05) is 14.0 Å². The minimum absolute atomic E-state index is 0.594. The van der Waals surface area contributed by atoms with E-state index in [1.165, 1.54) is 19.3 Å². The topological polar surface area (TPSA) is 41.0 Å². The molecule has 1 fully saturated rings. The van der Waals surface area contributed by atoms with Gasteiger partial charge in [-0.3, -0.25) is 0 Å². The minimum Gasteiger partial charge on any atom is -0.342 e. The average Bonchev–Trinajstić information content (AvgIpc) is 2.66.